The number of nitriles is 1. The van der Waals surface area contributed by atoms with Crippen LogP contribution in [0.2, 0.25) is 0 Å². The number of para-hydroxylation sites is 1. The summed E-state index contributed by atoms with van der Waals surface area (Å²) < 4.78 is 7.48. The molecule has 0 spiro atoms. The van der Waals surface area contributed by atoms with Gasteiger partial charge in [0.05, 0.1) is 12.2 Å². The molecule has 0 atom stereocenters. The molecule has 1 aromatic carbocycles. The van der Waals surface area contributed by atoms with Gasteiger partial charge >= 0.3 is 0 Å². The third kappa shape index (κ3) is 3.73. The fourth-order valence-corrected chi connectivity index (χ4v) is 2.29. The second-order valence-corrected chi connectivity index (χ2v) is 4.94. The van der Waals surface area contributed by atoms with E-state index in [2.05, 4.69) is 16.3 Å². The largest absolute Gasteiger partial charge is 0.492 e. The van der Waals surface area contributed by atoms with Crippen molar-refractivity contribution in [2.45, 2.75) is 11.6 Å². The van der Waals surface area contributed by atoms with Crippen molar-refractivity contribution in [3.63, 3.8) is 0 Å². The third-order valence-corrected chi connectivity index (χ3v) is 3.58. The molecule has 5 nitrogen and oxygen atoms in total. The summed E-state index contributed by atoms with van der Waals surface area (Å²) in [7, 11) is 1.92. The second-order valence-electron chi connectivity index (χ2n) is 3.88. The molecule has 0 amide bonds. The molecule has 0 saturated carbocycles. The highest BCUT2D eigenvalue weighted by Crippen LogP contribution is 2.18. The Kier molecular flexibility index (Phi) is 4.81. The van der Waals surface area contributed by atoms with Crippen molar-refractivity contribution in [1.82, 2.24) is 14.8 Å². The van der Waals surface area contributed by atoms with Gasteiger partial charge < -0.3 is 9.30 Å². The van der Waals surface area contributed by atoms with Crippen molar-refractivity contribution in [1.29, 1.82) is 5.26 Å². The monoisotopic (exact) mass is 274 g/mol. The van der Waals surface area contributed by atoms with Crippen LogP contribution in [0.15, 0.2) is 35.7 Å². The molecule has 0 saturated heterocycles. The normalized spacial score (nSPS) is 10.1. The Hall–Kier alpha value is -2.00. The summed E-state index contributed by atoms with van der Waals surface area (Å²) in [6.45, 7) is 0.587. The van der Waals surface area contributed by atoms with E-state index in [0.29, 0.717) is 17.9 Å². The van der Waals surface area contributed by atoms with Crippen molar-refractivity contribution >= 4 is 11.8 Å². The topological polar surface area (TPSA) is 63.7 Å². The van der Waals surface area contributed by atoms with E-state index in [0.717, 1.165) is 17.3 Å². The molecule has 0 aliphatic rings. The molecule has 6 heteroatoms. The minimum absolute atomic E-state index is 0.573. The van der Waals surface area contributed by atoms with Gasteiger partial charge in [-0.2, -0.15) is 5.26 Å². The number of thioether (sulfide) groups is 1. The minimum atomic E-state index is 0.573. The van der Waals surface area contributed by atoms with Crippen LogP contribution >= 0.6 is 11.8 Å². The number of rotatable bonds is 6. The number of ether oxygens (including phenoxy) is 1. The molecule has 0 unspecified atom stereocenters. The van der Waals surface area contributed by atoms with Crippen LogP contribution in [0.3, 0.4) is 0 Å². The van der Waals surface area contributed by atoms with Gasteiger partial charge in [-0.25, -0.2) is 0 Å². The summed E-state index contributed by atoms with van der Waals surface area (Å²) in [6, 6.07) is 9.38. The zero-order valence-electron chi connectivity index (χ0n) is 10.6. The predicted molar refractivity (Wildman–Crippen MR) is 73.0 cm³/mol. The summed E-state index contributed by atoms with van der Waals surface area (Å²) in [5, 5.41) is 17.6. The summed E-state index contributed by atoms with van der Waals surface area (Å²) in [4.78, 5) is 0. The van der Waals surface area contributed by atoms with Crippen LogP contribution in [0, 0.1) is 11.3 Å². The molecule has 0 bridgehead atoms. The Bertz CT molecular complexity index is 576. The summed E-state index contributed by atoms with van der Waals surface area (Å²) in [5.74, 6) is 1.55. The first-order valence-corrected chi connectivity index (χ1v) is 6.88. The Morgan fingerprint density at radius 2 is 2.26 bits per heavy atom. The summed E-state index contributed by atoms with van der Waals surface area (Å²) in [5.41, 5.74) is 0.573. The van der Waals surface area contributed by atoms with E-state index in [1.54, 1.807) is 24.2 Å². The average Bonchev–Trinajstić information content (AvgIpc) is 2.84. The first kappa shape index (κ1) is 13.4. The molecule has 0 fully saturated rings. The number of hydrogen-bond acceptors (Lipinski definition) is 5. The number of aromatic nitrogens is 3. The van der Waals surface area contributed by atoms with Crippen molar-refractivity contribution in [2.24, 2.45) is 7.05 Å². The lowest BCUT2D eigenvalue weighted by Gasteiger charge is -2.07. The molecule has 0 radical (unpaired) electrons. The average molecular weight is 274 g/mol. The van der Waals surface area contributed by atoms with Crippen LogP contribution in [0.5, 0.6) is 5.75 Å². The van der Waals surface area contributed by atoms with E-state index in [-0.39, 0.29) is 0 Å². The molecule has 0 aliphatic heterocycles. The highest BCUT2D eigenvalue weighted by molar-refractivity contribution is 7.99. The summed E-state index contributed by atoms with van der Waals surface area (Å²) >= 11 is 1.64. The van der Waals surface area contributed by atoms with E-state index >= 15 is 0 Å². The first-order valence-electron chi connectivity index (χ1n) is 5.90. The molecular weight excluding hydrogens is 260 g/mol. The molecule has 0 aliphatic carbocycles. The highest BCUT2D eigenvalue weighted by Gasteiger charge is 2.03. The number of aryl methyl sites for hydroxylation is 1. The van der Waals surface area contributed by atoms with Gasteiger partial charge in [0.1, 0.15) is 18.1 Å². The number of hydrogen-bond donors (Lipinski definition) is 0. The fourth-order valence-electron chi connectivity index (χ4n) is 1.49. The van der Waals surface area contributed by atoms with Crippen LogP contribution in [0.25, 0.3) is 0 Å². The molecule has 2 rings (SSSR count). The molecule has 1 heterocycles. The number of nitrogens with zero attached hydrogens (tertiary/aromatic N) is 4. The molecular formula is C13H14N4OS. The lowest BCUT2D eigenvalue weighted by atomic mass is 10.2. The maximum Gasteiger partial charge on any atom is 0.190 e. The minimum Gasteiger partial charge on any atom is -0.492 e. The van der Waals surface area contributed by atoms with Gasteiger partial charge in [-0.1, -0.05) is 23.9 Å². The van der Waals surface area contributed by atoms with Gasteiger partial charge in [0.2, 0.25) is 0 Å². The Morgan fingerprint density at radius 1 is 1.42 bits per heavy atom. The van der Waals surface area contributed by atoms with Gasteiger partial charge in [0.25, 0.3) is 0 Å². The van der Waals surface area contributed by atoms with E-state index in [4.69, 9.17) is 10.00 Å². The molecule has 98 valence electrons. The zero-order valence-corrected chi connectivity index (χ0v) is 11.4. The smallest absolute Gasteiger partial charge is 0.190 e. The van der Waals surface area contributed by atoms with Crippen LogP contribution < -0.4 is 4.74 Å². The Morgan fingerprint density at radius 3 is 3.00 bits per heavy atom. The third-order valence-electron chi connectivity index (χ3n) is 2.45. The molecule has 0 N–H and O–H groups in total. The van der Waals surface area contributed by atoms with Gasteiger partial charge in [-0.3, -0.25) is 0 Å². The lowest BCUT2D eigenvalue weighted by Crippen LogP contribution is -2.00. The quantitative estimate of drug-likeness (QED) is 0.597. The van der Waals surface area contributed by atoms with E-state index in [9.17, 15) is 0 Å². The van der Waals surface area contributed by atoms with Gasteiger partial charge in [-0.05, 0) is 18.6 Å². The van der Waals surface area contributed by atoms with Crippen molar-refractivity contribution < 1.29 is 4.74 Å². The number of benzene rings is 1. The molecule has 2 aromatic rings. The van der Waals surface area contributed by atoms with Crippen LogP contribution in [-0.2, 0) is 7.05 Å². The van der Waals surface area contributed by atoms with Crippen molar-refractivity contribution in [3.05, 3.63) is 36.2 Å². The fraction of sp³-hybridized carbons (Fsp3) is 0.308. The maximum atomic E-state index is 8.92. The van der Waals surface area contributed by atoms with E-state index in [1.807, 2.05) is 29.8 Å². The Labute approximate surface area is 116 Å². The second kappa shape index (κ2) is 6.81. The zero-order chi connectivity index (χ0) is 13.5. The van der Waals surface area contributed by atoms with E-state index < -0.39 is 0 Å². The maximum absolute atomic E-state index is 8.92. The van der Waals surface area contributed by atoms with Crippen LogP contribution in [-0.4, -0.2) is 27.1 Å². The predicted octanol–water partition coefficient (Wildman–Crippen LogP) is 2.25. The van der Waals surface area contributed by atoms with Crippen LogP contribution in [0.1, 0.15) is 12.0 Å². The summed E-state index contributed by atoms with van der Waals surface area (Å²) in [6.07, 6.45) is 2.57. The Balaban J connectivity index is 1.73. The van der Waals surface area contributed by atoms with Gasteiger partial charge in [-0.15, -0.1) is 10.2 Å². The molecule has 1 aromatic heterocycles. The van der Waals surface area contributed by atoms with Crippen LogP contribution in [0.4, 0.5) is 0 Å². The van der Waals surface area contributed by atoms with Crippen molar-refractivity contribution in [3.8, 4) is 11.8 Å². The first-order chi connectivity index (χ1) is 9.31. The highest BCUT2D eigenvalue weighted by atomic mass is 32.2. The SMILES string of the molecule is Cn1cnnc1SCCCOc1ccccc1C#N. The molecule has 19 heavy (non-hydrogen) atoms. The van der Waals surface area contributed by atoms with Gasteiger partial charge in [0, 0.05) is 12.8 Å². The van der Waals surface area contributed by atoms with Gasteiger partial charge in [0.15, 0.2) is 5.16 Å². The lowest BCUT2D eigenvalue weighted by molar-refractivity contribution is 0.318. The van der Waals surface area contributed by atoms with E-state index in [1.165, 1.54) is 0 Å². The van der Waals surface area contributed by atoms with Crippen molar-refractivity contribution in [2.75, 3.05) is 12.4 Å². The standard InChI is InChI=1S/C13H14N4OS/c1-17-10-15-16-13(17)19-8-4-7-18-12-6-3-2-5-11(12)9-14/h2-3,5-6,10H,4,7-8H2,1H3.